The van der Waals surface area contributed by atoms with Crippen LogP contribution in [0.3, 0.4) is 0 Å². The van der Waals surface area contributed by atoms with Crippen molar-refractivity contribution in [3.05, 3.63) is 71.8 Å². The Kier molecular flexibility index (Phi) is 3.88. The summed E-state index contributed by atoms with van der Waals surface area (Å²) in [5, 5.41) is 9.19. The van der Waals surface area contributed by atoms with Crippen molar-refractivity contribution in [1.82, 2.24) is 0 Å². The van der Waals surface area contributed by atoms with Gasteiger partial charge in [-0.05, 0) is 12.5 Å². The minimum Gasteiger partial charge on any atom is -0.266 e. The van der Waals surface area contributed by atoms with Crippen molar-refractivity contribution in [2.75, 3.05) is 0 Å². The number of nitriles is 1. The first-order chi connectivity index (χ1) is 8.81. The molecule has 0 fully saturated rings. The largest absolute Gasteiger partial charge is 0.266 e. The smallest absolute Gasteiger partial charge is 0.143 e. The Morgan fingerprint density at radius 2 is 1.56 bits per heavy atom. The predicted octanol–water partition coefficient (Wildman–Crippen LogP) is 3.76. The molecule has 2 heteroatoms. The van der Waals surface area contributed by atoms with Gasteiger partial charge in [0.1, 0.15) is 11.8 Å². The lowest BCUT2D eigenvalue weighted by Gasteiger charge is -2.07. The van der Waals surface area contributed by atoms with E-state index in [9.17, 15) is 5.26 Å². The molecule has 2 nitrogen and oxygen atoms in total. The summed E-state index contributed by atoms with van der Waals surface area (Å²) in [5.41, 5.74) is 2.45. The van der Waals surface area contributed by atoms with Crippen molar-refractivity contribution in [2.45, 2.75) is 13.0 Å². The van der Waals surface area contributed by atoms with Crippen molar-refractivity contribution < 1.29 is 0 Å². The Hall–Kier alpha value is -2.40. The molecule has 0 aliphatic heterocycles. The second-order valence-electron chi connectivity index (χ2n) is 4.04. The molecule has 2 aromatic rings. The summed E-state index contributed by atoms with van der Waals surface area (Å²) in [5.74, 6) is 0. The molecule has 0 aliphatic rings. The van der Waals surface area contributed by atoms with Gasteiger partial charge in [0.05, 0.1) is 6.04 Å². The maximum atomic E-state index is 9.19. The average molecular weight is 234 g/mol. The van der Waals surface area contributed by atoms with E-state index in [1.54, 1.807) is 0 Å². The fraction of sp³-hybridized carbons (Fsp3) is 0.125. The normalized spacial score (nSPS) is 12.8. The summed E-state index contributed by atoms with van der Waals surface area (Å²) in [4.78, 5) is 4.49. The highest BCUT2D eigenvalue weighted by molar-refractivity contribution is 6.11. The van der Waals surface area contributed by atoms with Crippen molar-refractivity contribution in [3.63, 3.8) is 0 Å². The molecule has 0 unspecified atom stereocenters. The zero-order chi connectivity index (χ0) is 12.8. The molecular formula is C16H14N2. The first-order valence-electron chi connectivity index (χ1n) is 5.89. The SMILES string of the molecule is C[C@H](N=C(C#N)c1ccccc1)c1ccccc1. The summed E-state index contributed by atoms with van der Waals surface area (Å²) in [7, 11) is 0. The van der Waals surface area contributed by atoms with Gasteiger partial charge >= 0.3 is 0 Å². The zero-order valence-corrected chi connectivity index (χ0v) is 10.2. The molecule has 1 atom stereocenters. The minimum absolute atomic E-state index is 0.0129. The molecule has 2 rings (SSSR count). The quantitative estimate of drug-likeness (QED) is 0.745. The van der Waals surface area contributed by atoms with E-state index in [0.717, 1.165) is 11.1 Å². The number of benzene rings is 2. The third-order valence-corrected chi connectivity index (χ3v) is 2.76. The maximum Gasteiger partial charge on any atom is 0.143 e. The first kappa shape index (κ1) is 12.1. The van der Waals surface area contributed by atoms with Gasteiger partial charge in [0.15, 0.2) is 0 Å². The maximum absolute atomic E-state index is 9.19. The van der Waals surface area contributed by atoms with E-state index < -0.39 is 0 Å². The Morgan fingerprint density at radius 1 is 1.00 bits per heavy atom. The second kappa shape index (κ2) is 5.79. The molecule has 0 bridgehead atoms. The van der Waals surface area contributed by atoms with Crippen LogP contribution in [0, 0.1) is 11.3 Å². The second-order valence-corrected chi connectivity index (χ2v) is 4.04. The highest BCUT2D eigenvalue weighted by Gasteiger charge is 2.06. The van der Waals surface area contributed by atoms with Gasteiger partial charge < -0.3 is 0 Å². The Morgan fingerprint density at radius 3 is 2.11 bits per heavy atom. The van der Waals surface area contributed by atoms with Crippen LogP contribution in [0.15, 0.2) is 65.7 Å². The number of hydrogen-bond acceptors (Lipinski definition) is 2. The molecule has 0 amide bonds. The summed E-state index contributed by atoms with van der Waals surface area (Å²) in [6.45, 7) is 2.00. The molecule has 0 saturated heterocycles. The molecule has 0 spiro atoms. The molecule has 0 saturated carbocycles. The van der Waals surface area contributed by atoms with E-state index in [1.165, 1.54) is 0 Å². The number of rotatable bonds is 3. The van der Waals surface area contributed by atoms with Gasteiger partial charge in [0, 0.05) is 5.56 Å². The number of nitrogens with zero attached hydrogens (tertiary/aromatic N) is 2. The molecule has 0 aliphatic carbocycles. The van der Waals surface area contributed by atoms with Crippen LogP contribution in [0.4, 0.5) is 0 Å². The molecular weight excluding hydrogens is 220 g/mol. The molecule has 0 radical (unpaired) electrons. The van der Waals surface area contributed by atoms with E-state index in [4.69, 9.17) is 0 Å². The lowest BCUT2D eigenvalue weighted by Crippen LogP contribution is -2.00. The lowest BCUT2D eigenvalue weighted by atomic mass is 10.1. The molecule has 0 N–H and O–H groups in total. The summed E-state index contributed by atoms with van der Waals surface area (Å²) >= 11 is 0. The summed E-state index contributed by atoms with van der Waals surface area (Å²) < 4.78 is 0. The third kappa shape index (κ3) is 2.83. The van der Waals surface area contributed by atoms with Crippen LogP contribution in [-0.4, -0.2) is 5.71 Å². The van der Waals surface area contributed by atoms with Crippen molar-refractivity contribution >= 4 is 5.71 Å². The standard InChI is InChI=1S/C16H14N2/c1-13(14-8-4-2-5-9-14)18-16(12-17)15-10-6-3-7-11-15/h2-11,13H,1H3/t13-/m0/s1. The van der Waals surface area contributed by atoms with Crippen LogP contribution >= 0.6 is 0 Å². The average Bonchev–Trinajstić information content (AvgIpc) is 2.46. The van der Waals surface area contributed by atoms with E-state index in [2.05, 4.69) is 11.1 Å². The Bertz CT molecular complexity index is 565. The van der Waals surface area contributed by atoms with Crippen LogP contribution in [0.2, 0.25) is 0 Å². The van der Waals surface area contributed by atoms with Gasteiger partial charge in [-0.1, -0.05) is 60.7 Å². The zero-order valence-electron chi connectivity index (χ0n) is 10.2. The molecule has 2 aromatic carbocycles. The van der Waals surface area contributed by atoms with Gasteiger partial charge in [-0.3, -0.25) is 4.99 Å². The molecule has 0 aromatic heterocycles. The van der Waals surface area contributed by atoms with E-state index in [1.807, 2.05) is 67.6 Å². The number of aliphatic imine (C=N–C) groups is 1. The Labute approximate surface area is 107 Å². The molecule has 88 valence electrons. The van der Waals surface area contributed by atoms with Gasteiger partial charge in [-0.2, -0.15) is 5.26 Å². The van der Waals surface area contributed by atoms with E-state index in [-0.39, 0.29) is 6.04 Å². The lowest BCUT2D eigenvalue weighted by molar-refractivity contribution is 0.822. The van der Waals surface area contributed by atoms with Crippen molar-refractivity contribution in [1.29, 1.82) is 5.26 Å². The molecule has 18 heavy (non-hydrogen) atoms. The van der Waals surface area contributed by atoms with Gasteiger partial charge in [-0.15, -0.1) is 0 Å². The monoisotopic (exact) mass is 234 g/mol. The summed E-state index contributed by atoms with van der Waals surface area (Å²) in [6, 6.07) is 21.7. The first-order valence-corrected chi connectivity index (χ1v) is 5.89. The fourth-order valence-corrected chi connectivity index (χ4v) is 1.76. The van der Waals surface area contributed by atoms with Gasteiger partial charge in [0.2, 0.25) is 0 Å². The van der Waals surface area contributed by atoms with Crippen LogP contribution in [0.5, 0.6) is 0 Å². The van der Waals surface area contributed by atoms with Crippen LogP contribution in [0.1, 0.15) is 24.1 Å². The van der Waals surface area contributed by atoms with Crippen LogP contribution < -0.4 is 0 Å². The van der Waals surface area contributed by atoms with Crippen molar-refractivity contribution in [2.24, 2.45) is 4.99 Å². The highest BCUT2D eigenvalue weighted by Crippen LogP contribution is 2.17. The summed E-state index contributed by atoms with van der Waals surface area (Å²) in [6.07, 6.45) is 0. The fourth-order valence-electron chi connectivity index (χ4n) is 1.76. The van der Waals surface area contributed by atoms with Crippen LogP contribution in [0.25, 0.3) is 0 Å². The van der Waals surface area contributed by atoms with E-state index in [0.29, 0.717) is 5.71 Å². The topological polar surface area (TPSA) is 36.1 Å². The van der Waals surface area contributed by atoms with Gasteiger partial charge in [0.25, 0.3) is 0 Å². The number of hydrogen-bond donors (Lipinski definition) is 0. The van der Waals surface area contributed by atoms with Crippen molar-refractivity contribution in [3.8, 4) is 6.07 Å². The van der Waals surface area contributed by atoms with E-state index >= 15 is 0 Å². The third-order valence-electron chi connectivity index (χ3n) is 2.76. The Balaban J connectivity index is 2.29. The van der Waals surface area contributed by atoms with Gasteiger partial charge in [-0.25, -0.2) is 0 Å². The highest BCUT2D eigenvalue weighted by atomic mass is 14.8. The minimum atomic E-state index is -0.0129. The molecule has 0 heterocycles. The van der Waals surface area contributed by atoms with Crippen LogP contribution in [-0.2, 0) is 0 Å². The predicted molar refractivity (Wildman–Crippen MR) is 73.4 cm³/mol.